The quantitative estimate of drug-likeness (QED) is 0.370. The first-order valence-corrected chi connectivity index (χ1v) is 14.7. The minimum atomic E-state index is -0.0775. The Morgan fingerprint density at radius 1 is 0.900 bits per heavy atom. The fourth-order valence-electron chi connectivity index (χ4n) is 6.18. The maximum atomic E-state index is 13.2. The van der Waals surface area contributed by atoms with Gasteiger partial charge in [0.15, 0.2) is 0 Å². The topological polar surface area (TPSA) is 59.8 Å². The molecule has 0 N–H and O–H groups in total. The fourth-order valence-corrected chi connectivity index (χ4v) is 6.18. The van der Waals surface area contributed by atoms with Crippen LogP contribution in [0.2, 0.25) is 0 Å². The molecule has 6 heteroatoms. The molecule has 3 aromatic rings. The summed E-state index contributed by atoms with van der Waals surface area (Å²) in [6, 6.07) is 29.1. The molecule has 1 saturated carbocycles. The summed E-state index contributed by atoms with van der Waals surface area (Å²) in [6.45, 7) is 6.77. The van der Waals surface area contributed by atoms with Gasteiger partial charge in [-0.1, -0.05) is 54.6 Å². The van der Waals surface area contributed by atoms with Gasteiger partial charge in [-0.15, -0.1) is 0 Å². The van der Waals surface area contributed by atoms with Crippen LogP contribution in [0, 0.1) is 17.2 Å². The van der Waals surface area contributed by atoms with E-state index in [0.29, 0.717) is 24.0 Å². The van der Waals surface area contributed by atoms with Gasteiger partial charge in [-0.05, 0) is 66.1 Å². The van der Waals surface area contributed by atoms with Crippen LogP contribution in [0.25, 0.3) is 0 Å². The number of hydrogen-bond donors (Lipinski definition) is 0. The molecule has 6 rings (SSSR count). The Bertz CT molecular complexity index is 1320. The molecule has 0 bridgehead atoms. The summed E-state index contributed by atoms with van der Waals surface area (Å²) in [6.07, 6.45) is 3.39. The van der Waals surface area contributed by atoms with E-state index < -0.39 is 0 Å². The van der Waals surface area contributed by atoms with E-state index in [1.54, 1.807) is 0 Å². The Labute approximate surface area is 237 Å². The van der Waals surface area contributed by atoms with Crippen LogP contribution in [0.1, 0.15) is 53.5 Å². The number of carbonyl (C=O) groups excluding carboxylic acids is 1. The Balaban J connectivity index is 1.09. The van der Waals surface area contributed by atoms with Crippen molar-refractivity contribution in [3.8, 4) is 6.07 Å². The lowest BCUT2D eigenvalue weighted by molar-refractivity contribution is -0.134. The van der Waals surface area contributed by atoms with Gasteiger partial charge in [0.25, 0.3) is 0 Å². The molecule has 0 spiro atoms. The Hall–Kier alpha value is -3.66. The highest BCUT2D eigenvalue weighted by Gasteiger charge is 2.46. The fraction of sp³-hybridized carbons (Fsp3) is 0.412. The van der Waals surface area contributed by atoms with Crippen LogP contribution in [0.4, 0.5) is 5.69 Å². The SMILES string of the molecule is N#Cc1ccc(CO[C@H](CN2CCN(C(=O)[C@@H]3C[C@H]3c3ccccc3)CC2)c2cccc(N3CCCC3)c2)cc1. The van der Waals surface area contributed by atoms with E-state index in [1.807, 2.05) is 30.3 Å². The van der Waals surface area contributed by atoms with Gasteiger partial charge in [0.2, 0.25) is 5.91 Å². The number of rotatable bonds is 9. The Morgan fingerprint density at radius 3 is 2.38 bits per heavy atom. The number of anilines is 1. The molecule has 1 aliphatic carbocycles. The summed E-state index contributed by atoms with van der Waals surface area (Å²) in [5.41, 5.74) is 5.48. The summed E-state index contributed by atoms with van der Waals surface area (Å²) < 4.78 is 6.57. The standard InChI is InChI=1S/C34H38N4O2/c35-23-26-11-13-27(14-12-26)25-40-33(29-9-6-10-30(21-29)37-15-4-5-16-37)24-36-17-19-38(20-18-36)34(39)32-22-31(32)28-7-2-1-3-8-28/h1-3,6-14,21,31-33H,4-5,15-20,22,24-25H2/t31-,32+,33+/m0/s1. The maximum Gasteiger partial charge on any atom is 0.226 e. The molecule has 3 aliphatic rings. The summed E-state index contributed by atoms with van der Waals surface area (Å²) in [4.78, 5) is 20.2. The molecule has 0 aromatic heterocycles. The molecule has 40 heavy (non-hydrogen) atoms. The average Bonchev–Trinajstić information content (AvgIpc) is 3.63. The van der Waals surface area contributed by atoms with Gasteiger partial charge < -0.3 is 14.5 Å². The zero-order valence-electron chi connectivity index (χ0n) is 23.1. The monoisotopic (exact) mass is 534 g/mol. The van der Waals surface area contributed by atoms with Crippen LogP contribution >= 0.6 is 0 Å². The summed E-state index contributed by atoms with van der Waals surface area (Å²) >= 11 is 0. The lowest BCUT2D eigenvalue weighted by Crippen LogP contribution is -2.50. The van der Waals surface area contributed by atoms with E-state index >= 15 is 0 Å². The summed E-state index contributed by atoms with van der Waals surface area (Å²) in [5.74, 6) is 0.848. The predicted octanol–water partition coefficient (Wildman–Crippen LogP) is 5.36. The number of amides is 1. The molecule has 1 amide bonds. The van der Waals surface area contributed by atoms with Gasteiger partial charge >= 0.3 is 0 Å². The van der Waals surface area contributed by atoms with E-state index in [9.17, 15) is 4.79 Å². The Kier molecular flexibility index (Phi) is 8.13. The molecule has 3 aromatic carbocycles. The number of piperazine rings is 1. The van der Waals surface area contributed by atoms with Gasteiger partial charge in [0, 0.05) is 57.4 Å². The highest BCUT2D eigenvalue weighted by Crippen LogP contribution is 2.48. The number of carbonyl (C=O) groups is 1. The van der Waals surface area contributed by atoms with Crippen LogP contribution in [0.3, 0.4) is 0 Å². The minimum Gasteiger partial charge on any atom is -0.372 e. The highest BCUT2D eigenvalue weighted by atomic mass is 16.5. The Morgan fingerprint density at radius 2 is 1.65 bits per heavy atom. The van der Waals surface area contributed by atoms with Crippen LogP contribution in [0.15, 0.2) is 78.9 Å². The van der Waals surface area contributed by atoms with Crippen molar-refractivity contribution in [3.05, 3.63) is 101 Å². The van der Waals surface area contributed by atoms with Crippen LogP contribution in [-0.2, 0) is 16.1 Å². The van der Waals surface area contributed by atoms with Gasteiger partial charge in [-0.3, -0.25) is 9.69 Å². The molecule has 3 atom stereocenters. The van der Waals surface area contributed by atoms with Crippen molar-refractivity contribution in [1.29, 1.82) is 5.26 Å². The second kappa shape index (κ2) is 12.2. The third-order valence-electron chi connectivity index (χ3n) is 8.69. The van der Waals surface area contributed by atoms with Gasteiger partial charge in [0.1, 0.15) is 0 Å². The van der Waals surface area contributed by atoms with Gasteiger partial charge in [0.05, 0.1) is 24.3 Å². The normalized spacial score (nSPS) is 21.7. The lowest BCUT2D eigenvalue weighted by atomic mass is 10.1. The van der Waals surface area contributed by atoms with Crippen molar-refractivity contribution in [1.82, 2.24) is 9.80 Å². The summed E-state index contributed by atoms with van der Waals surface area (Å²) in [7, 11) is 0. The van der Waals surface area contributed by atoms with Crippen LogP contribution in [0.5, 0.6) is 0 Å². The van der Waals surface area contributed by atoms with Crippen molar-refractivity contribution in [3.63, 3.8) is 0 Å². The first-order chi connectivity index (χ1) is 19.7. The van der Waals surface area contributed by atoms with Crippen molar-refractivity contribution >= 4 is 11.6 Å². The highest BCUT2D eigenvalue weighted by molar-refractivity contribution is 5.83. The van der Waals surface area contributed by atoms with E-state index in [2.05, 4.69) is 69.3 Å². The molecule has 3 fully saturated rings. The molecule has 2 saturated heterocycles. The first-order valence-electron chi connectivity index (χ1n) is 14.7. The molecule has 0 radical (unpaired) electrons. The smallest absolute Gasteiger partial charge is 0.226 e. The molecule has 206 valence electrons. The number of ether oxygens (including phenoxy) is 1. The van der Waals surface area contributed by atoms with Gasteiger partial charge in [-0.25, -0.2) is 0 Å². The molecular weight excluding hydrogens is 496 g/mol. The molecule has 2 aliphatic heterocycles. The second-order valence-corrected chi connectivity index (χ2v) is 11.4. The first kappa shape index (κ1) is 26.6. The third kappa shape index (κ3) is 6.22. The zero-order chi connectivity index (χ0) is 27.3. The minimum absolute atomic E-state index is 0.0775. The van der Waals surface area contributed by atoms with Crippen molar-refractivity contribution < 1.29 is 9.53 Å². The predicted molar refractivity (Wildman–Crippen MR) is 157 cm³/mol. The van der Waals surface area contributed by atoms with Crippen LogP contribution < -0.4 is 4.90 Å². The van der Waals surface area contributed by atoms with Crippen molar-refractivity contribution in [2.45, 2.75) is 37.9 Å². The molecular formula is C34H38N4O2. The zero-order valence-corrected chi connectivity index (χ0v) is 23.1. The van der Waals surface area contributed by atoms with E-state index in [0.717, 1.165) is 57.8 Å². The number of benzene rings is 3. The van der Waals surface area contributed by atoms with Crippen LogP contribution in [-0.4, -0.2) is 61.5 Å². The second-order valence-electron chi connectivity index (χ2n) is 11.4. The van der Waals surface area contributed by atoms with E-state index in [1.165, 1.54) is 29.7 Å². The molecule has 6 nitrogen and oxygen atoms in total. The lowest BCUT2D eigenvalue weighted by Gasteiger charge is -2.37. The third-order valence-corrected chi connectivity index (χ3v) is 8.69. The van der Waals surface area contributed by atoms with Gasteiger partial charge in [-0.2, -0.15) is 5.26 Å². The largest absolute Gasteiger partial charge is 0.372 e. The number of hydrogen-bond acceptors (Lipinski definition) is 5. The van der Waals surface area contributed by atoms with Crippen molar-refractivity contribution in [2.75, 3.05) is 50.7 Å². The molecule has 2 heterocycles. The van der Waals surface area contributed by atoms with E-state index in [4.69, 9.17) is 10.00 Å². The van der Waals surface area contributed by atoms with Crippen molar-refractivity contribution in [2.24, 2.45) is 5.92 Å². The average molecular weight is 535 g/mol. The maximum absolute atomic E-state index is 13.2. The summed E-state index contributed by atoms with van der Waals surface area (Å²) in [5, 5.41) is 9.13. The molecule has 0 unspecified atom stereocenters. The number of nitriles is 1. The van der Waals surface area contributed by atoms with E-state index in [-0.39, 0.29) is 12.0 Å². The number of nitrogens with zero attached hydrogens (tertiary/aromatic N) is 4.